The van der Waals surface area contributed by atoms with Crippen molar-refractivity contribution in [2.75, 3.05) is 6.54 Å². The topological polar surface area (TPSA) is 60.2 Å². The van der Waals surface area contributed by atoms with Crippen LogP contribution in [0.4, 0.5) is 13.2 Å². The molecule has 0 atom stereocenters. The van der Waals surface area contributed by atoms with E-state index < -0.39 is 11.7 Å². The third-order valence-corrected chi connectivity index (χ3v) is 3.59. The summed E-state index contributed by atoms with van der Waals surface area (Å²) >= 11 is 0. The van der Waals surface area contributed by atoms with Gasteiger partial charge >= 0.3 is 6.18 Å². The Morgan fingerprint density at radius 2 is 1.59 bits per heavy atom. The summed E-state index contributed by atoms with van der Waals surface area (Å²) in [5, 5.41) is 15.0. The highest BCUT2D eigenvalue weighted by atomic mass is 127. The molecule has 0 aliphatic heterocycles. The number of aliphatic imine (C=N–C) groups is 1. The Labute approximate surface area is 173 Å². The number of nitrogens with zero attached hydrogens (tertiary/aromatic N) is 2. The molecule has 0 aliphatic carbocycles. The summed E-state index contributed by atoms with van der Waals surface area (Å²) in [5.41, 5.74) is 1.60. The molecule has 0 radical (unpaired) electrons. The van der Waals surface area contributed by atoms with Crippen LogP contribution in [-0.2, 0) is 19.3 Å². The number of alkyl halides is 3. The van der Waals surface area contributed by atoms with Gasteiger partial charge in [-0.3, -0.25) is 0 Å². The van der Waals surface area contributed by atoms with E-state index in [1.54, 1.807) is 12.1 Å². The van der Waals surface area contributed by atoms with Crippen molar-refractivity contribution in [1.82, 2.24) is 10.6 Å². The smallest absolute Gasteiger partial charge is 0.357 e. The zero-order chi connectivity index (χ0) is 19.0. The zero-order valence-electron chi connectivity index (χ0n) is 14.7. The fraction of sp³-hybridized carbons (Fsp3) is 0.263. The molecule has 2 aromatic rings. The second-order valence-corrected chi connectivity index (χ2v) is 5.55. The minimum absolute atomic E-state index is 0. The second-order valence-electron chi connectivity index (χ2n) is 5.55. The van der Waals surface area contributed by atoms with Crippen molar-refractivity contribution in [3.63, 3.8) is 0 Å². The van der Waals surface area contributed by atoms with Crippen molar-refractivity contribution in [2.45, 2.75) is 26.2 Å². The maximum atomic E-state index is 12.6. The Balaban J connectivity index is 0.00000364. The normalized spacial score (nSPS) is 11.3. The van der Waals surface area contributed by atoms with Gasteiger partial charge in [0.1, 0.15) is 0 Å². The van der Waals surface area contributed by atoms with Gasteiger partial charge in [-0.15, -0.1) is 24.0 Å². The molecule has 0 aliphatic rings. The number of benzene rings is 2. The predicted molar refractivity (Wildman–Crippen MR) is 110 cm³/mol. The predicted octanol–water partition coefficient (Wildman–Crippen LogP) is 4.45. The minimum atomic E-state index is -4.33. The van der Waals surface area contributed by atoms with Crippen molar-refractivity contribution in [3.05, 3.63) is 70.8 Å². The molecule has 0 saturated heterocycles. The lowest BCUT2D eigenvalue weighted by molar-refractivity contribution is -0.137. The number of guanidine groups is 1. The lowest BCUT2D eigenvalue weighted by Crippen LogP contribution is -2.36. The highest BCUT2D eigenvalue weighted by Gasteiger charge is 2.29. The van der Waals surface area contributed by atoms with Gasteiger partial charge in [0, 0.05) is 13.1 Å². The molecule has 4 nitrogen and oxygen atoms in total. The van der Waals surface area contributed by atoms with Crippen molar-refractivity contribution < 1.29 is 13.2 Å². The summed E-state index contributed by atoms with van der Waals surface area (Å²) < 4.78 is 37.7. The van der Waals surface area contributed by atoms with Crippen LogP contribution in [0.15, 0.2) is 53.5 Å². The highest BCUT2D eigenvalue weighted by Crippen LogP contribution is 2.29. The molecule has 144 valence electrons. The van der Waals surface area contributed by atoms with E-state index in [1.165, 1.54) is 12.1 Å². The fourth-order valence-electron chi connectivity index (χ4n) is 2.19. The van der Waals surface area contributed by atoms with Crippen LogP contribution < -0.4 is 10.6 Å². The van der Waals surface area contributed by atoms with Crippen LogP contribution >= 0.6 is 24.0 Å². The molecule has 8 heteroatoms. The number of rotatable bonds is 5. The molecule has 0 heterocycles. The molecule has 0 amide bonds. The maximum Gasteiger partial charge on any atom is 0.416 e. The molecule has 0 fully saturated rings. The van der Waals surface area contributed by atoms with E-state index in [0.717, 1.165) is 23.3 Å². The maximum absolute atomic E-state index is 12.6. The molecule has 0 saturated carbocycles. The summed E-state index contributed by atoms with van der Waals surface area (Å²) in [6, 6.07) is 14.2. The average molecular weight is 488 g/mol. The lowest BCUT2D eigenvalue weighted by Gasteiger charge is -2.12. The Morgan fingerprint density at radius 3 is 2.11 bits per heavy atom. The summed E-state index contributed by atoms with van der Waals surface area (Å²) in [6.07, 6.45) is -4.33. The standard InChI is InChI=1S/C19H19F3N4.HI/c1-2-24-18(25-12-15-5-3-14(11-23)4-6-15)26-13-16-7-9-17(10-8-16)19(20,21)22;/h3-10H,2,12-13H2,1H3,(H2,24,25,26);1H. The Bertz CT molecular complexity index is 779. The number of hydrogen-bond acceptors (Lipinski definition) is 2. The number of hydrogen-bond donors (Lipinski definition) is 2. The quantitative estimate of drug-likeness (QED) is 0.372. The lowest BCUT2D eigenvalue weighted by atomic mass is 10.1. The molecule has 27 heavy (non-hydrogen) atoms. The molecule has 0 spiro atoms. The van der Waals surface area contributed by atoms with Gasteiger partial charge in [0.15, 0.2) is 5.96 Å². The van der Waals surface area contributed by atoms with E-state index in [0.29, 0.717) is 31.2 Å². The van der Waals surface area contributed by atoms with Crippen molar-refractivity contribution in [1.29, 1.82) is 5.26 Å². The first-order valence-corrected chi connectivity index (χ1v) is 8.09. The third-order valence-electron chi connectivity index (χ3n) is 3.59. The van der Waals surface area contributed by atoms with E-state index in [9.17, 15) is 13.2 Å². The average Bonchev–Trinajstić information content (AvgIpc) is 2.64. The molecule has 2 aromatic carbocycles. The van der Waals surface area contributed by atoms with E-state index in [4.69, 9.17) is 5.26 Å². The molecule has 0 aromatic heterocycles. The summed E-state index contributed by atoms with van der Waals surface area (Å²) in [4.78, 5) is 4.44. The van der Waals surface area contributed by atoms with Crippen LogP contribution in [-0.4, -0.2) is 12.5 Å². The van der Waals surface area contributed by atoms with Gasteiger partial charge in [0.25, 0.3) is 0 Å². The third kappa shape index (κ3) is 7.46. The first-order valence-electron chi connectivity index (χ1n) is 8.09. The van der Waals surface area contributed by atoms with Gasteiger partial charge in [0.2, 0.25) is 0 Å². The molecular formula is C19H20F3IN4. The number of halogens is 4. The minimum Gasteiger partial charge on any atom is -0.357 e. The van der Waals surface area contributed by atoms with Crippen LogP contribution in [0.25, 0.3) is 0 Å². The van der Waals surface area contributed by atoms with Crippen LogP contribution in [0.5, 0.6) is 0 Å². The summed E-state index contributed by atoms with van der Waals surface area (Å²) in [7, 11) is 0. The van der Waals surface area contributed by atoms with Crippen molar-refractivity contribution >= 4 is 29.9 Å². The largest absolute Gasteiger partial charge is 0.416 e. The van der Waals surface area contributed by atoms with Crippen molar-refractivity contribution in [3.8, 4) is 6.07 Å². The van der Waals surface area contributed by atoms with Gasteiger partial charge in [-0.1, -0.05) is 24.3 Å². The van der Waals surface area contributed by atoms with E-state index >= 15 is 0 Å². The van der Waals surface area contributed by atoms with Gasteiger partial charge in [-0.2, -0.15) is 18.4 Å². The molecule has 0 unspecified atom stereocenters. The van der Waals surface area contributed by atoms with Crippen molar-refractivity contribution in [2.24, 2.45) is 4.99 Å². The molecular weight excluding hydrogens is 468 g/mol. The second kappa shape index (κ2) is 10.8. The first kappa shape index (κ1) is 22.8. The van der Waals surface area contributed by atoms with Crippen LogP contribution in [0.2, 0.25) is 0 Å². The van der Waals surface area contributed by atoms with Gasteiger partial charge in [-0.25, -0.2) is 4.99 Å². The van der Waals surface area contributed by atoms with E-state index in [-0.39, 0.29) is 24.0 Å². The molecule has 2 rings (SSSR count). The van der Waals surface area contributed by atoms with Gasteiger partial charge in [0.05, 0.1) is 23.7 Å². The Kier molecular flexibility index (Phi) is 9.08. The van der Waals surface area contributed by atoms with E-state index in [1.807, 2.05) is 19.1 Å². The number of nitriles is 1. The molecule has 2 N–H and O–H groups in total. The fourth-order valence-corrected chi connectivity index (χ4v) is 2.19. The van der Waals surface area contributed by atoms with Crippen LogP contribution in [0, 0.1) is 11.3 Å². The highest BCUT2D eigenvalue weighted by molar-refractivity contribution is 14.0. The van der Waals surface area contributed by atoms with Crippen LogP contribution in [0.3, 0.4) is 0 Å². The van der Waals surface area contributed by atoms with Gasteiger partial charge in [-0.05, 0) is 42.3 Å². The number of nitrogens with one attached hydrogen (secondary N) is 2. The van der Waals surface area contributed by atoms with Gasteiger partial charge < -0.3 is 10.6 Å². The Hall–Kier alpha value is -2.28. The zero-order valence-corrected chi connectivity index (χ0v) is 17.0. The Morgan fingerprint density at radius 1 is 1.00 bits per heavy atom. The summed E-state index contributed by atoms with van der Waals surface area (Å²) in [6.45, 7) is 3.37. The summed E-state index contributed by atoms with van der Waals surface area (Å²) in [5.74, 6) is 0.566. The monoisotopic (exact) mass is 488 g/mol. The van der Waals surface area contributed by atoms with Crippen LogP contribution in [0.1, 0.15) is 29.2 Å². The van der Waals surface area contributed by atoms with E-state index in [2.05, 4.69) is 21.7 Å². The SMILES string of the molecule is CCNC(=NCc1ccc(C#N)cc1)NCc1ccc(C(F)(F)F)cc1.I. The first-order chi connectivity index (χ1) is 12.4. The molecule has 0 bridgehead atoms.